The number of aromatic nitrogens is 2. The first-order valence-electron chi connectivity index (χ1n) is 5.51. The number of carbonyl (C=O) groups is 1. The molecule has 2 aromatic rings. The van der Waals surface area contributed by atoms with Crippen LogP contribution in [0.25, 0.3) is 0 Å². The van der Waals surface area contributed by atoms with E-state index < -0.39 is 15.9 Å². The fourth-order valence-electron chi connectivity index (χ4n) is 1.65. The van der Waals surface area contributed by atoms with Crippen LogP contribution < -0.4 is 16.2 Å². The summed E-state index contributed by atoms with van der Waals surface area (Å²) in [5.41, 5.74) is 6.53. The molecule has 1 amide bonds. The Kier molecular flexibility index (Phi) is 3.47. The highest BCUT2D eigenvalue weighted by atomic mass is 32.2. The molecule has 0 saturated heterocycles. The number of hydrogen-bond donors (Lipinski definition) is 3. The number of nitrogen functional groups attached to an aromatic ring is 1. The standard InChI is InChI=1S/C11H13N5O3S/c1-16-10(9(12)6-14-16)11(17)15-7-2-4-8(5-3-7)20(13,18)19/h2-6H,12H2,1H3,(H,15,17)(H2,13,18,19). The summed E-state index contributed by atoms with van der Waals surface area (Å²) in [5.74, 6) is -0.439. The molecule has 0 aliphatic carbocycles. The van der Waals surface area contributed by atoms with Gasteiger partial charge in [-0.05, 0) is 24.3 Å². The van der Waals surface area contributed by atoms with Crippen molar-refractivity contribution < 1.29 is 13.2 Å². The van der Waals surface area contributed by atoms with E-state index in [0.29, 0.717) is 5.69 Å². The second-order valence-electron chi connectivity index (χ2n) is 4.10. The maximum Gasteiger partial charge on any atom is 0.276 e. The molecule has 0 aliphatic rings. The third-order valence-electron chi connectivity index (χ3n) is 2.62. The Morgan fingerprint density at radius 2 is 1.90 bits per heavy atom. The van der Waals surface area contributed by atoms with Crippen molar-refractivity contribution in [1.29, 1.82) is 0 Å². The SMILES string of the molecule is Cn1ncc(N)c1C(=O)Nc1ccc(S(N)(=O)=O)cc1. The number of nitrogens with one attached hydrogen (secondary N) is 1. The van der Waals surface area contributed by atoms with Gasteiger partial charge in [-0.25, -0.2) is 13.6 Å². The highest BCUT2D eigenvalue weighted by Gasteiger charge is 2.15. The molecule has 5 N–H and O–H groups in total. The highest BCUT2D eigenvalue weighted by Crippen LogP contribution is 2.15. The number of aryl methyl sites for hydroxylation is 1. The summed E-state index contributed by atoms with van der Waals surface area (Å²) in [7, 11) is -2.16. The van der Waals surface area contributed by atoms with Crippen molar-refractivity contribution in [2.24, 2.45) is 12.2 Å². The zero-order valence-electron chi connectivity index (χ0n) is 10.6. The molecule has 0 spiro atoms. The molecular weight excluding hydrogens is 282 g/mol. The molecular formula is C11H13N5O3S. The number of benzene rings is 1. The monoisotopic (exact) mass is 295 g/mol. The van der Waals surface area contributed by atoms with Gasteiger partial charge in [0.1, 0.15) is 5.69 Å². The van der Waals surface area contributed by atoms with Crippen LogP contribution in [-0.4, -0.2) is 24.1 Å². The number of nitrogens with zero attached hydrogens (tertiary/aromatic N) is 2. The van der Waals surface area contributed by atoms with Gasteiger partial charge in [0.2, 0.25) is 10.0 Å². The first kappa shape index (κ1) is 14.0. The van der Waals surface area contributed by atoms with Crippen molar-refractivity contribution in [3.8, 4) is 0 Å². The Hall–Kier alpha value is -2.39. The quantitative estimate of drug-likeness (QED) is 0.727. The second-order valence-corrected chi connectivity index (χ2v) is 5.66. The zero-order chi connectivity index (χ0) is 14.9. The van der Waals surface area contributed by atoms with Crippen LogP contribution in [-0.2, 0) is 17.1 Å². The van der Waals surface area contributed by atoms with Gasteiger partial charge < -0.3 is 11.1 Å². The van der Waals surface area contributed by atoms with Gasteiger partial charge in [0.05, 0.1) is 16.8 Å². The van der Waals surface area contributed by atoms with E-state index >= 15 is 0 Å². The van der Waals surface area contributed by atoms with E-state index in [1.165, 1.54) is 35.1 Å². The third kappa shape index (κ3) is 2.78. The molecule has 2 rings (SSSR count). The topological polar surface area (TPSA) is 133 Å². The van der Waals surface area contributed by atoms with Crippen molar-refractivity contribution in [3.63, 3.8) is 0 Å². The van der Waals surface area contributed by atoms with E-state index in [4.69, 9.17) is 10.9 Å². The average Bonchev–Trinajstić information content (AvgIpc) is 2.68. The predicted octanol–water partition coefficient (Wildman–Crippen LogP) is -0.0980. The van der Waals surface area contributed by atoms with E-state index in [9.17, 15) is 13.2 Å². The highest BCUT2D eigenvalue weighted by molar-refractivity contribution is 7.89. The Morgan fingerprint density at radius 3 is 2.35 bits per heavy atom. The van der Waals surface area contributed by atoms with Crippen molar-refractivity contribution in [2.75, 3.05) is 11.1 Å². The Labute approximate surface area is 115 Å². The first-order chi connectivity index (χ1) is 9.29. The minimum atomic E-state index is -3.75. The largest absolute Gasteiger partial charge is 0.396 e. The molecule has 0 unspecified atom stereocenters. The number of sulfonamides is 1. The molecule has 0 fully saturated rings. The number of nitrogens with two attached hydrogens (primary N) is 2. The predicted molar refractivity (Wildman–Crippen MR) is 73.4 cm³/mol. The van der Waals surface area contributed by atoms with Gasteiger partial charge in [-0.15, -0.1) is 0 Å². The summed E-state index contributed by atoms with van der Waals surface area (Å²) < 4.78 is 23.6. The molecule has 0 atom stereocenters. The van der Waals surface area contributed by atoms with Crippen molar-refractivity contribution in [3.05, 3.63) is 36.2 Å². The Balaban J connectivity index is 2.21. The molecule has 8 nitrogen and oxygen atoms in total. The van der Waals surface area contributed by atoms with E-state index in [-0.39, 0.29) is 16.3 Å². The second kappa shape index (κ2) is 4.94. The summed E-state index contributed by atoms with van der Waals surface area (Å²) in [5, 5.41) is 11.4. The summed E-state index contributed by atoms with van der Waals surface area (Å²) in [6.45, 7) is 0. The minimum Gasteiger partial charge on any atom is -0.396 e. The van der Waals surface area contributed by atoms with Gasteiger partial charge in [0.15, 0.2) is 0 Å². The van der Waals surface area contributed by atoms with Gasteiger partial charge in [-0.2, -0.15) is 5.10 Å². The van der Waals surface area contributed by atoms with E-state index in [2.05, 4.69) is 10.4 Å². The lowest BCUT2D eigenvalue weighted by atomic mass is 10.3. The number of hydrogen-bond acceptors (Lipinski definition) is 5. The molecule has 1 aromatic heterocycles. The zero-order valence-corrected chi connectivity index (χ0v) is 11.4. The minimum absolute atomic E-state index is 0.0319. The summed E-state index contributed by atoms with van der Waals surface area (Å²) in [6.07, 6.45) is 1.37. The van der Waals surface area contributed by atoms with Crippen molar-refractivity contribution in [1.82, 2.24) is 9.78 Å². The molecule has 106 valence electrons. The maximum absolute atomic E-state index is 12.0. The Bertz CT molecular complexity index is 729. The number of amides is 1. The lowest BCUT2D eigenvalue weighted by Crippen LogP contribution is -2.18. The lowest BCUT2D eigenvalue weighted by Gasteiger charge is -2.07. The molecule has 0 aliphatic heterocycles. The molecule has 1 heterocycles. The van der Waals surface area contributed by atoms with Crippen LogP contribution >= 0.6 is 0 Å². The summed E-state index contributed by atoms with van der Waals surface area (Å²) >= 11 is 0. The average molecular weight is 295 g/mol. The lowest BCUT2D eigenvalue weighted by molar-refractivity contribution is 0.101. The van der Waals surface area contributed by atoms with E-state index in [1.54, 1.807) is 7.05 Å². The van der Waals surface area contributed by atoms with Gasteiger partial charge in [0.25, 0.3) is 5.91 Å². The van der Waals surface area contributed by atoms with Crippen molar-refractivity contribution >= 4 is 27.3 Å². The van der Waals surface area contributed by atoms with Crippen LogP contribution in [0.1, 0.15) is 10.5 Å². The number of anilines is 2. The normalized spacial score (nSPS) is 11.3. The van der Waals surface area contributed by atoms with Gasteiger partial charge in [-0.3, -0.25) is 9.48 Å². The summed E-state index contributed by atoms with van der Waals surface area (Å²) in [6, 6.07) is 5.48. The first-order valence-corrected chi connectivity index (χ1v) is 7.05. The fraction of sp³-hybridized carbons (Fsp3) is 0.0909. The van der Waals surface area contributed by atoms with Crippen molar-refractivity contribution in [2.45, 2.75) is 4.90 Å². The molecule has 0 radical (unpaired) electrons. The van der Waals surface area contributed by atoms with Crippen LogP contribution in [0.15, 0.2) is 35.4 Å². The number of primary sulfonamides is 1. The number of rotatable bonds is 3. The molecule has 0 bridgehead atoms. The van der Waals surface area contributed by atoms with Gasteiger partial charge >= 0.3 is 0 Å². The molecule has 1 aromatic carbocycles. The molecule has 9 heteroatoms. The Morgan fingerprint density at radius 1 is 1.30 bits per heavy atom. The maximum atomic E-state index is 12.0. The summed E-state index contributed by atoms with van der Waals surface area (Å²) in [4.78, 5) is 12.0. The van der Waals surface area contributed by atoms with Crippen LogP contribution in [0.4, 0.5) is 11.4 Å². The van der Waals surface area contributed by atoms with Gasteiger partial charge in [0, 0.05) is 12.7 Å². The third-order valence-corrected chi connectivity index (χ3v) is 3.55. The fourth-order valence-corrected chi connectivity index (χ4v) is 2.17. The van der Waals surface area contributed by atoms with Crippen LogP contribution in [0.2, 0.25) is 0 Å². The number of carbonyl (C=O) groups excluding carboxylic acids is 1. The molecule has 0 saturated carbocycles. The van der Waals surface area contributed by atoms with E-state index in [1.807, 2.05) is 0 Å². The van der Waals surface area contributed by atoms with Crippen LogP contribution in [0, 0.1) is 0 Å². The molecule has 20 heavy (non-hydrogen) atoms. The van der Waals surface area contributed by atoms with Gasteiger partial charge in [-0.1, -0.05) is 0 Å². The van der Waals surface area contributed by atoms with Crippen LogP contribution in [0.5, 0.6) is 0 Å². The van der Waals surface area contributed by atoms with E-state index in [0.717, 1.165) is 0 Å². The smallest absolute Gasteiger partial charge is 0.276 e. The van der Waals surface area contributed by atoms with Crippen LogP contribution in [0.3, 0.4) is 0 Å².